The Hall–Kier alpha value is -1.06. The average molecular weight is 300 g/mol. The van der Waals surface area contributed by atoms with Crippen LogP contribution in [-0.4, -0.2) is 25.2 Å². The maximum atomic E-state index is 11.4. The fourth-order valence-electron chi connectivity index (χ4n) is 1.90. The second-order valence-corrected chi connectivity index (χ2v) is 5.42. The van der Waals surface area contributed by atoms with Gasteiger partial charge in [0.15, 0.2) is 0 Å². The zero-order valence-electron chi connectivity index (χ0n) is 13.8. The molecule has 0 aliphatic heterocycles. The van der Waals surface area contributed by atoms with Gasteiger partial charge in [-0.15, -0.1) is 0 Å². The van der Waals surface area contributed by atoms with E-state index < -0.39 is 0 Å². The standard InChI is InChI=1S/C17H32O4/c1-3-5-7-8-11-15-21-17(19)13-10-9-12-16(18)20-14-6-4-2/h3-15H2,1-2H3. The van der Waals surface area contributed by atoms with E-state index in [2.05, 4.69) is 13.8 Å². The summed E-state index contributed by atoms with van der Waals surface area (Å²) in [6.07, 6.45) is 9.89. The van der Waals surface area contributed by atoms with Crippen molar-refractivity contribution in [2.45, 2.75) is 84.5 Å². The van der Waals surface area contributed by atoms with Crippen molar-refractivity contribution >= 4 is 11.9 Å². The van der Waals surface area contributed by atoms with Crippen molar-refractivity contribution in [2.75, 3.05) is 13.2 Å². The molecule has 0 amide bonds. The molecule has 0 radical (unpaired) electrons. The zero-order valence-corrected chi connectivity index (χ0v) is 13.8. The van der Waals surface area contributed by atoms with Crippen LogP contribution in [0.25, 0.3) is 0 Å². The summed E-state index contributed by atoms with van der Waals surface area (Å²) in [4.78, 5) is 22.8. The largest absolute Gasteiger partial charge is 0.466 e. The molecular weight excluding hydrogens is 268 g/mol. The minimum atomic E-state index is -0.159. The second-order valence-electron chi connectivity index (χ2n) is 5.42. The van der Waals surface area contributed by atoms with E-state index in [1.54, 1.807) is 0 Å². The van der Waals surface area contributed by atoms with Crippen molar-refractivity contribution in [3.05, 3.63) is 0 Å². The molecule has 0 atom stereocenters. The summed E-state index contributed by atoms with van der Waals surface area (Å²) >= 11 is 0. The number of carbonyl (C=O) groups excluding carboxylic acids is 2. The zero-order chi connectivity index (χ0) is 15.8. The number of hydrogen-bond donors (Lipinski definition) is 0. The molecule has 0 saturated heterocycles. The van der Waals surface area contributed by atoms with E-state index in [1.807, 2.05) is 0 Å². The smallest absolute Gasteiger partial charge is 0.305 e. The minimum Gasteiger partial charge on any atom is -0.466 e. The van der Waals surface area contributed by atoms with Crippen LogP contribution in [0.5, 0.6) is 0 Å². The lowest BCUT2D eigenvalue weighted by molar-refractivity contribution is -0.146. The predicted octanol–water partition coefficient (Wildman–Crippen LogP) is 4.40. The van der Waals surface area contributed by atoms with Crippen LogP contribution < -0.4 is 0 Å². The van der Waals surface area contributed by atoms with Crippen molar-refractivity contribution in [1.82, 2.24) is 0 Å². The van der Waals surface area contributed by atoms with Gasteiger partial charge in [0.05, 0.1) is 13.2 Å². The predicted molar refractivity (Wildman–Crippen MR) is 84.1 cm³/mol. The van der Waals surface area contributed by atoms with Crippen molar-refractivity contribution < 1.29 is 19.1 Å². The molecular formula is C17H32O4. The van der Waals surface area contributed by atoms with Crippen LogP contribution in [0.4, 0.5) is 0 Å². The fourth-order valence-corrected chi connectivity index (χ4v) is 1.90. The number of ether oxygens (including phenoxy) is 2. The van der Waals surface area contributed by atoms with Gasteiger partial charge in [0.1, 0.15) is 0 Å². The number of carbonyl (C=O) groups is 2. The maximum absolute atomic E-state index is 11.4. The lowest BCUT2D eigenvalue weighted by atomic mass is 10.2. The number of unbranched alkanes of at least 4 members (excludes halogenated alkanes) is 6. The van der Waals surface area contributed by atoms with Gasteiger partial charge in [0.2, 0.25) is 0 Å². The van der Waals surface area contributed by atoms with Crippen LogP contribution in [0.15, 0.2) is 0 Å². The van der Waals surface area contributed by atoms with Gasteiger partial charge in [-0.2, -0.15) is 0 Å². The molecule has 0 aliphatic carbocycles. The first kappa shape index (κ1) is 19.9. The number of hydrogen-bond acceptors (Lipinski definition) is 4. The highest BCUT2D eigenvalue weighted by Gasteiger charge is 2.05. The Balaban J connectivity index is 3.31. The van der Waals surface area contributed by atoms with Gasteiger partial charge < -0.3 is 9.47 Å². The molecule has 0 unspecified atom stereocenters. The van der Waals surface area contributed by atoms with Gasteiger partial charge in [0, 0.05) is 12.8 Å². The van der Waals surface area contributed by atoms with E-state index >= 15 is 0 Å². The molecule has 0 aromatic heterocycles. The first-order chi connectivity index (χ1) is 10.2. The summed E-state index contributed by atoms with van der Waals surface area (Å²) < 4.78 is 10.2. The van der Waals surface area contributed by atoms with Crippen LogP contribution in [0, 0.1) is 0 Å². The molecule has 0 rings (SSSR count). The third kappa shape index (κ3) is 15.2. The van der Waals surface area contributed by atoms with E-state index in [0.29, 0.717) is 38.9 Å². The molecule has 0 saturated carbocycles. The summed E-state index contributed by atoms with van der Waals surface area (Å²) in [5.74, 6) is -0.308. The molecule has 0 fully saturated rings. The van der Waals surface area contributed by atoms with E-state index in [1.165, 1.54) is 19.3 Å². The highest BCUT2D eigenvalue weighted by Crippen LogP contribution is 2.05. The van der Waals surface area contributed by atoms with Crippen LogP contribution in [0.1, 0.15) is 84.5 Å². The van der Waals surface area contributed by atoms with Gasteiger partial charge >= 0.3 is 11.9 Å². The average Bonchev–Trinajstić information content (AvgIpc) is 2.47. The van der Waals surface area contributed by atoms with Crippen LogP contribution in [-0.2, 0) is 19.1 Å². The van der Waals surface area contributed by atoms with Crippen LogP contribution >= 0.6 is 0 Å². The van der Waals surface area contributed by atoms with Gasteiger partial charge in [-0.1, -0.05) is 46.0 Å². The third-order valence-corrected chi connectivity index (χ3v) is 3.28. The van der Waals surface area contributed by atoms with Crippen LogP contribution in [0.2, 0.25) is 0 Å². The van der Waals surface area contributed by atoms with E-state index in [4.69, 9.17) is 9.47 Å². The van der Waals surface area contributed by atoms with Gasteiger partial charge in [-0.3, -0.25) is 9.59 Å². The van der Waals surface area contributed by atoms with Crippen molar-refractivity contribution in [3.63, 3.8) is 0 Å². The van der Waals surface area contributed by atoms with Crippen LogP contribution in [0.3, 0.4) is 0 Å². The van der Waals surface area contributed by atoms with Gasteiger partial charge in [0.25, 0.3) is 0 Å². The Labute approximate surface area is 129 Å². The monoisotopic (exact) mass is 300 g/mol. The summed E-state index contributed by atoms with van der Waals surface area (Å²) in [7, 11) is 0. The maximum Gasteiger partial charge on any atom is 0.305 e. The first-order valence-corrected chi connectivity index (χ1v) is 8.52. The van der Waals surface area contributed by atoms with Crippen molar-refractivity contribution in [3.8, 4) is 0 Å². The molecule has 124 valence electrons. The molecule has 4 heteroatoms. The summed E-state index contributed by atoms with van der Waals surface area (Å²) in [5.41, 5.74) is 0. The summed E-state index contributed by atoms with van der Waals surface area (Å²) in [6, 6.07) is 0. The Morgan fingerprint density at radius 2 is 1.10 bits per heavy atom. The quantitative estimate of drug-likeness (QED) is 0.352. The molecule has 0 bridgehead atoms. The van der Waals surface area contributed by atoms with E-state index in [-0.39, 0.29) is 11.9 Å². The molecule has 0 aromatic carbocycles. The highest BCUT2D eigenvalue weighted by molar-refractivity contribution is 5.70. The Kier molecular flexibility index (Phi) is 14.6. The SMILES string of the molecule is CCCCCCCOC(=O)CCCCC(=O)OCCCC. The molecule has 0 spiro atoms. The van der Waals surface area contributed by atoms with Gasteiger partial charge in [-0.05, 0) is 25.7 Å². The Morgan fingerprint density at radius 3 is 1.62 bits per heavy atom. The topological polar surface area (TPSA) is 52.6 Å². The Bertz CT molecular complexity index is 264. The minimum absolute atomic E-state index is 0.148. The molecule has 21 heavy (non-hydrogen) atoms. The summed E-state index contributed by atoms with van der Waals surface area (Å²) in [5, 5.41) is 0. The molecule has 0 heterocycles. The van der Waals surface area contributed by atoms with E-state index in [0.717, 1.165) is 25.7 Å². The number of esters is 2. The molecule has 0 N–H and O–H groups in total. The molecule has 0 aliphatic rings. The first-order valence-electron chi connectivity index (χ1n) is 8.52. The highest BCUT2D eigenvalue weighted by atomic mass is 16.5. The molecule has 4 nitrogen and oxygen atoms in total. The lowest BCUT2D eigenvalue weighted by Crippen LogP contribution is -2.08. The van der Waals surface area contributed by atoms with Crippen molar-refractivity contribution in [2.24, 2.45) is 0 Å². The van der Waals surface area contributed by atoms with Gasteiger partial charge in [-0.25, -0.2) is 0 Å². The lowest BCUT2D eigenvalue weighted by Gasteiger charge is -2.05. The third-order valence-electron chi connectivity index (χ3n) is 3.28. The Morgan fingerprint density at radius 1 is 0.619 bits per heavy atom. The summed E-state index contributed by atoms with van der Waals surface area (Å²) in [6.45, 7) is 5.28. The molecule has 0 aromatic rings. The second kappa shape index (κ2) is 15.3. The normalized spacial score (nSPS) is 10.4. The number of rotatable bonds is 14. The van der Waals surface area contributed by atoms with Crippen molar-refractivity contribution in [1.29, 1.82) is 0 Å². The fraction of sp³-hybridized carbons (Fsp3) is 0.882. The van der Waals surface area contributed by atoms with E-state index in [9.17, 15) is 9.59 Å².